The van der Waals surface area contributed by atoms with Crippen molar-refractivity contribution < 1.29 is 0 Å². The molecule has 0 aromatic heterocycles. The van der Waals surface area contributed by atoms with Gasteiger partial charge in [0.15, 0.2) is 0 Å². The molecule has 2 aliphatic rings. The monoisotopic (exact) mass is 230 g/mol. The largest absolute Gasteiger partial charge is 0.312 e. The Hall–Kier alpha value is -0.860. The Labute approximate surface area is 104 Å². The van der Waals surface area contributed by atoms with Gasteiger partial charge in [0.2, 0.25) is 0 Å². The molecule has 2 fully saturated rings. The predicted molar refractivity (Wildman–Crippen MR) is 71.2 cm³/mol. The Morgan fingerprint density at radius 2 is 2.00 bits per heavy atom. The van der Waals surface area contributed by atoms with Gasteiger partial charge < -0.3 is 10.2 Å². The van der Waals surface area contributed by atoms with E-state index in [1.807, 2.05) is 0 Å². The van der Waals surface area contributed by atoms with Crippen LogP contribution in [0.15, 0.2) is 30.3 Å². The third-order valence-corrected chi connectivity index (χ3v) is 4.44. The predicted octanol–water partition coefficient (Wildman–Crippen LogP) is 2.23. The van der Waals surface area contributed by atoms with Crippen molar-refractivity contribution in [1.82, 2.24) is 10.2 Å². The van der Waals surface area contributed by atoms with Crippen molar-refractivity contribution >= 4 is 0 Å². The van der Waals surface area contributed by atoms with Crippen LogP contribution in [0.4, 0.5) is 0 Å². The third-order valence-electron chi connectivity index (χ3n) is 4.44. The molecule has 0 aliphatic carbocycles. The zero-order valence-corrected chi connectivity index (χ0v) is 10.6. The van der Waals surface area contributed by atoms with Gasteiger partial charge in [-0.1, -0.05) is 36.8 Å². The minimum atomic E-state index is 0.671. The van der Waals surface area contributed by atoms with Crippen LogP contribution in [0.3, 0.4) is 0 Å². The summed E-state index contributed by atoms with van der Waals surface area (Å²) in [5, 5.41) is 3.74. The molecule has 2 heterocycles. The van der Waals surface area contributed by atoms with Crippen LogP contribution in [0.1, 0.15) is 30.7 Å². The lowest BCUT2D eigenvalue weighted by Crippen LogP contribution is -2.42. The van der Waals surface area contributed by atoms with Gasteiger partial charge in [-0.05, 0) is 32.0 Å². The van der Waals surface area contributed by atoms with E-state index in [0.717, 1.165) is 6.54 Å². The number of hydrogen-bond acceptors (Lipinski definition) is 2. The normalized spacial score (nSPS) is 34.3. The van der Waals surface area contributed by atoms with Crippen LogP contribution in [0, 0.1) is 0 Å². The number of likely N-dealkylation sites (N-methyl/N-ethyl adjacent to an activating group) is 1. The van der Waals surface area contributed by atoms with Crippen molar-refractivity contribution in [3.8, 4) is 0 Å². The van der Waals surface area contributed by atoms with Crippen molar-refractivity contribution in [3.63, 3.8) is 0 Å². The van der Waals surface area contributed by atoms with Gasteiger partial charge in [0.05, 0.1) is 0 Å². The van der Waals surface area contributed by atoms with Gasteiger partial charge in [0.25, 0.3) is 0 Å². The molecular weight excluding hydrogens is 208 g/mol. The standard InChI is InChI=1S/C15H22N2/c1-17-10-6-5-9-14-15(17)13(11-16-14)12-7-3-2-4-8-12/h2-4,7-8,13-16H,5-6,9-11H2,1H3/t13-,14-,15-/m0/s1. The molecule has 0 spiro atoms. The first-order valence-corrected chi connectivity index (χ1v) is 6.85. The van der Waals surface area contributed by atoms with Gasteiger partial charge in [-0.25, -0.2) is 0 Å². The maximum absolute atomic E-state index is 3.74. The number of fused-ring (bicyclic) bond motifs is 1. The Bertz CT molecular complexity index is 362. The number of nitrogens with one attached hydrogen (secondary N) is 1. The molecule has 0 radical (unpaired) electrons. The van der Waals surface area contributed by atoms with Gasteiger partial charge in [-0.2, -0.15) is 0 Å². The minimum absolute atomic E-state index is 0.671. The molecule has 0 unspecified atom stereocenters. The summed E-state index contributed by atoms with van der Waals surface area (Å²) in [6.45, 7) is 2.40. The zero-order valence-electron chi connectivity index (χ0n) is 10.6. The fourth-order valence-electron chi connectivity index (χ4n) is 3.58. The SMILES string of the molecule is CN1CCCC[C@@H]2NC[C@@H](c3ccccc3)[C@@H]21. The van der Waals surface area contributed by atoms with E-state index in [2.05, 4.69) is 47.6 Å². The highest BCUT2D eigenvalue weighted by Gasteiger charge is 2.39. The molecule has 0 amide bonds. The molecule has 0 bridgehead atoms. The van der Waals surface area contributed by atoms with E-state index in [1.54, 1.807) is 0 Å². The smallest absolute Gasteiger partial charge is 0.0327 e. The lowest BCUT2D eigenvalue weighted by Gasteiger charge is -2.31. The molecule has 1 aromatic carbocycles. The second-order valence-electron chi connectivity index (χ2n) is 5.50. The fourth-order valence-corrected chi connectivity index (χ4v) is 3.58. The van der Waals surface area contributed by atoms with E-state index in [4.69, 9.17) is 0 Å². The Balaban J connectivity index is 1.86. The average Bonchev–Trinajstić information content (AvgIpc) is 2.71. The number of likely N-dealkylation sites (tertiary alicyclic amines) is 1. The fraction of sp³-hybridized carbons (Fsp3) is 0.600. The summed E-state index contributed by atoms with van der Waals surface area (Å²) in [6.07, 6.45) is 4.07. The molecule has 2 nitrogen and oxygen atoms in total. The Kier molecular flexibility index (Phi) is 3.17. The van der Waals surface area contributed by atoms with E-state index < -0.39 is 0 Å². The van der Waals surface area contributed by atoms with E-state index >= 15 is 0 Å². The first-order valence-electron chi connectivity index (χ1n) is 6.85. The summed E-state index contributed by atoms with van der Waals surface area (Å²) >= 11 is 0. The molecular formula is C15H22N2. The van der Waals surface area contributed by atoms with E-state index in [1.165, 1.54) is 31.4 Å². The molecule has 3 rings (SSSR count). The summed E-state index contributed by atoms with van der Waals surface area (Å²) in [7, 11) is 2.30. The second-order valence-corrected chi connectivity index (χ2v) is 5.50. The lowest BCUT2D eigenvalue weighted by atomic mass is 9.90. The highest BCUT2D eigenvalue weighted by molar-refractivity contribution is 5.25. The highest BCUT2D eigenvalue weighted by Crippen LogP contribution is 2.33. The number of benzene rings is 1. The molecule has 1 aromatic rings. The summed E-state index contributed by atoms with van der Waals surface area (Å²) < 4.78 is 0. The summed E-state index contributed by atoms with van der Waals surface area (Å²) in [5.41, 5.74) is 1.50. The van der Waals surface area contributed by atoms with Gasteiger partial charge in [-0.3, -0.25) is 0 Å². The summed E-state index contributed by atoms with van der Waals surface area (Å²) in [6, 6.07) is 12.4. The summed E-state index contributed by atoms with van der Waals surface area (Å²) in [5.74, 6) is 0.671. The topological polar surface area (TPSA) is 15.3 Å². The first kappa shape index (κ1) is 11.2. The quantitative estimate of drug-likeness (QED) is 0.796. The van der Waals surface area contributed by atoms with Crippen LogP contribution >= 0.6 is 0 Å². The average molecular weight is 230 g/mol. The molecule has 2 aliphatic heterocycles. The molecule has 2 saturated heterocycles. The molecule has 1 N–H and O–H groups in total. The van der Waals surface area contributed by atoms with Crippen LogP contribution in [0.5, 0.6) is 0 Å². The Morgan fingerprint density at radius 1 is 1.18 bits per heavy atom. The number of rotatable bonds is 1. The van der Waals surface area contributed by atoms with Gasteiger partial charge >= 0.3 is 0 Å². The lowest BCUT2D eigenvalue weighted by molar-refractivity contribution is 0.224. The van der Waals surface area contributed by atoms with E-state index in [-0.39, 0.29) is 0 Å². The van der Waals surface area contributed by atoms with Crippen molar-refractivity contribution in [3.05, 3.63) is 35.9 Å². The van der Waals surface area contributed by atoms with Gasteiger partial charge in [-0.15, -0.1) is 0 Å². The summed E-state index contributed by atoms with van der Waals surface area (Å²) in [4.78, 5) is 2.58. The van der Waals surface area contributed by atoms with Crippen LogP contribution in [-0.2, 0) is 0 Å². The van der Waals surface area contributed by atoms with Gasteiger partial charge in [0, 0.05) is 24.5 Å². The first-order chi connectivity index (χ1) is 8.36. The van der Waals surface area contributed by atoms with Crippen LogP contribution in [-0.4, -0.2) is 37.1 Å². The van der Waals surface area contributed by atoms with E-state index in [9.17, 15) is 0 Å². The molecule has 17 heavy (non-hydrogen) atoms. The maximum atomic E-state index is 3.74. The minimum Gasteiger partial charge on any atom is -0.312 e. The number of hydrogen-bond donors (Lipinski definition) is 1. The molecule has 3 atom stereocenters. The van der Waals surface area contributed by atoms with Crippen LogP contribution in [0.2, 0.25) is 0 Å². The van der Waals surface area contributed by atoms with Crippen molar-refractivity contribution in [1.29, 1.82) is 0 Å². The third kappa shape index (κ3) is 2.12. The van der Waals surface area contributed by atoms with Crippen LogP contribution in [0.25, 0.3) is 0 Å². The van der Waals surface area contributed by atoms with Crippen molar-refractivity contribution in [2.24, 2.45) is 0 Å². The Morgan fingerprint density at radius 3 is 2.82 bits per heavy atom. The molecule has 2 heteroatoms. The highest BCUT2D eigenvalue weighted by atomic mass is 15.2. The zero-order chi connectivity index (χ0) is 11.7. The van der Waals surface area contributed by atoms with Crippen molar-refractivity contribution in [2.45, 2.75) is 37.3 Å². The number of nitrogens with zero attached hydrogens (tertiary/aromatic N) is 1. The van der Waals surface area contributed by atoms with E-state index in [0.29, 0.717) is 18.0 Å². The second kappa shape index (κ2) is 4.79. The van der Waals surface area contributed by atoms with Crippen molar-refractivity contribution in [2.75, 3.05) is 20.1 Å². The molecule has 0 saturated carbocycles. The van der Waals surface area contributed by atoms with Gasteiger partial charge in [0.1, 0.15) is 0 Å². The molecule has 92 valence electrons. The van der Waals surface area contributed by atoms with Crippen LogP contribution < -0.4 is 5.32 Å². The maximum Gasteiger partial charge on any atom is 0.0327 e.